The standard InChI is InChI=1S/C11H10FN3O5S2/c12-6-1-3-7(4-2-6)22(19,20)15-10(17)13-5-8-9(16)14-11(18)21-8/h1-4,8H,5H2,(H2,13,15,17)(H,14,16,18). The third-order valence-electron chi connectivity index (χ3n) is 2.57. The Morgan fingerprint density at radius 3 is 2.45 bits per heavy atom. The Bertz CT molecular complexity index is 720. The number of benzene rings is 1. The van der Waals surface area contributed by atoms with Crippen LogP contribution in [0.3, 0.4) is 0 Å². The second kappa shape index (κ2) is 6.32. The van der Waals surface area contributed by atoms with Gasteiger partial charge in [0.25, 0.3) is 15.3 Å². The first kappa shape index (κ1) is 16.2. The van der Waals surface area contributed by atoms with Gasteiger partial charge in [-0.25, -0.2) is 22.3 Å². The summed E-state index contributed by atoms with van der Waals surface area (Å²) in [6, 6.07) is 2.83. The fourth-order valence-corrected chi connectivity index (χ4v) is 3.22. The monoisotopic (exact) mass is 347 g/mol. The average Bonchev–Trinajstić information content (AvgIpc) is 2.74. The minimum absolute atomic E-state index is 0.215. The maximum absolute atomic E-state index is 12.7. The molecule has 0 spiro atoms. The Morgan fingerprint density at radius 1 is 1.27 bits per heavy atom. The van der Waals surface area contributed by atoms with Crippen molar-refractivity contribution < 1.29 is 27.2 Å². The van der Waals surface area contributed by atoms with E-state index in [1.54, 1.807) is 4.72 Å². The first-order valence-electron chi connectivity index (χ1n) is 5.85. The van der Waals surface area contributed by atoms with Gasteiger partial charge in [0.2, 0.25) is 5.91 Å². The van der Waals surface area contributed by atoms with Gasteiger partial charge in [-0.1, -0.05) is 0 Å². The average molecular weight is 347 g/mol. The number of hydrogen-bond donors (Lipinski definition) is 3. The highest BCUT2D eigenvalue weighted by atomic mass is 32.2. The summed E-state index contributed by atoms with van der Waals surface area (Å²) in [6.45, 7) is -0.215. The van der Waals surface area contributed by atoms with Crippen molar-refractivity contribution in [1.29, 1.82) is 0 Å². The molecule has 1 fully saturated rings. The van der Waals surface area contributed by atoms with Crippen LogP contribution in [0.1, 0.15) is 0 Å². The number of sulfonamides is 1. The van der Waals surface area contributed by atoms with E-state index in [0.29, 0.717) is 11.8 Å². The number of urea groups is 1. The smallest absolute Gasteiger partial charge is 0.328 e. The normalized spacial score (nSPS) is 18.0. The van der Waals surface area contributed by atoms with Crippen LogP contribution < -0.4 is 15.4 Å². The lowest BCUT2D eigenvalue weighted by Gasteiger charge is -2.10. The lowest BCUT2D eigenvalue weighted by molar-refractivity contribution is -0.118. The summed E-state index contributed by atoms with van der Waals surface area (Å²) in [5.74, 6) is -1.17. The number of imide groups is 1. The van der Waals surface area contributed by atoms with Gasteiger partial charge in [-0.15, -0.1) is 0 Å². The summed E-state index contributed by atoms with van der Waals surface area (Å²) in [4.78, 5) is 33.4. The van der Waals surface area contributed by atoms with Crippen molar-refractivity contribution >= 4 is 39.0 Å². The van der Waals surface area contributed by atoms with Gasteiger partial charge in [-0.2, -0.15) is 0 Å². The van der Waals surface area contributed by atoms with E-state index in [1.165, 1.54) is 0 Å². The molecular weight excluding hydrogens is 337 g/mol. The Labute approximate surface area is 128 Å². The Hall–Kier alpha value is -2.14. The maximum Gasteiger partial charge on any atom is 0.328 e. The molecule has 1 aromatic rings. The second-order valence-electron chi connectivity index (χ2n) is 4.15. The molecule has 1 aromatic carbocycles. The van der Waals surface area contributed by atoms with Crippen LogP contribution in [0.5, 0.6) is 0 Å². The molecule has 11 heteroatoms. The predicted molar refractivity (Wildman–Crippen MR) is 75.0 cm³/mol. The Morgan fingerprint density at radius 2 is 1.91 bits per heavy atom. The SMILES string of the molecule is O=C(NCC1SC(=O)NC1=O)NS(=O)(=O)c1ccc(F)cc1. The fraction of sp³-hybridized carbons (Fsp3) is 0.182. The van der Waals surface area contributed by atoms with Crippen LogP contribution in [-0.4, -0.2) is 37.4 Å². The lowest BCUT2D eigenvalue weighted by Crippen LogP contribution is -2.43. The molecule has 22 heavy (non-hydrogen) atoms. The van der Waals surface area contributed by atoms with Gasteiger partial charge >= 0.3 is 6.03 Å². The minimum atomic E-state index is -4.15. The van der Waals surface area contributed by atoms with Crippen molar-refractivity contribution in [2.75, 3.05) is 6.54 Å². The van der Waals surface area contributed by atoms with Gasteiger partial charge in [-0.05, 0) is 36.0 Å². The molecule has 118 valence electrons. The Kier molecular flexibility index (Phi) is 4.66. The van der Waals surface area contributed by atoms with Crippen LogP contribution in [0, 0.1) is 5.82 Å². The predicted octanol–water partition coefficient (Wildman–Crippen LogP) is 0.165. The zero-order valence-electron chi connectivity index (χ0n) is 10.8. The van der Waals surface area contributed by atoms with Crippen LogP contribution >= 0.6 is 11.8 Å². The molecule has 2 rings (SSSR count). The number of halogens is 1. The van der Waals surface area contributed by atoms with E-state index in [-0.39, 0.29) is 11.4 Å². The summed E-state index contributed by atoms with van der Waals surface area (Å²) < 4.78 is 38.1. The third kappa shape index (κ3) is 3.95. The summed E-state index contributed by atoms with van der Waals surface area (Å²) in [7, 11) is -4.15. The van der Waals surface area contributed by atoms with Gasteiger partial charge in [0.15, 0.2) is 0 Å². The van der Waals surface area contributed by atoms with Crippen LogP contribution in [0.4, 0.5) is 14.0 Å². The summed E-state index contributed by atoms with van der Waals surface area (Å²) >= 11 is 0.698. The number of hydrogen-bond acceptors (Lipinski definition) is 6. The molecule has 4 amide bonds. The molecule has 3 N–H and O–H groups in total. The molecule has 1 unspecified atom stereocenters. The molecule has 8 nitrogen and oxygen atoms in total. The van der Waals surface area contributed by atoms with Gasteiger partial charge in [0.1, 0.15) is 11.1 Å². The van der Waals surface area contributed by atoms with Gasteiger partial charge in [0, 0.05) is 6.54 Å². The molecule has 1 atom stereocenters. The second-order valence-corrected chi connectivity index (χ2v) is 7.01. The highest BCUT2D eigenvalue weighted by molar-refractivity contribution is 8.15. The first-order valence-corrected chi connectivity index (χ1v) is 8.22. The quantitative estimate of drug-likeness (QED) is 0.714. The van der Waals surface area contributed by atoms with E-state index in [0.717, 1.165) is 24.3 Å². The number of nitrogens with one attached hydrogen (secondary N) is 3. The Balaban J connectivity index is 1.92. The van der Waals surface area contributed by atoms with E-state index >= 15 is 0 Å². The molecule has 1 saturated heterocycles. The van der Waals surface area contributed by atoms with Gasteiger partial charge < -0.3 is 5.32 Å². The molecule has 0 radical (unpaired) electrons. The van der Waals surface area contributed by atoms with Crippen LogP contribution in [0.25, 0.3) is 0 Å². The van der Waals surface area contributed by atoms with Crippen molar-refractivity contribution in [2.24, 2.45) is 0 Å². The molecular formula is C11H10FN3O5S2. The lowest BCUT2D eigenvalue weighted by atomic mass is 10.4. The summed E-state index contributed by atoms with van der Waals surface area (Å²) in [6.07, 6.45) is 0. The molecule has 0 saturated carbocycles. The van der Waals surface area contributed by atoms with Crippen molar-refractivity contribution in [3.63, 3.8) is 0 Å². The fourth-order valence-electron chi connectivity index (χ4n) is 1.54. The highest BCUT2D eigenvalue weighted by Gasteiger charge is 2.32. The van der Waals surface area contributed by atoms with Crippen LogP contribution in [0.2, 0.25) is 0 Å². The van der Waals surface area contributed by atoms with E-state index in [2.05, 4.69) is 5.32 Å². The van der Waals surface area contributed by atoms with Crippen molar-refractivity contribution in [2.45, 2.75) is 10.1 Å². The van der Waals surface area contributed by atoms with Crippen molar-refractivity contribution in [3.05, 3.63) is 30.1 Å². The first-order chi connectivity index (χ1) is 10.3. The number of thioether (sulfide) groups is 1. The zero-order chi connectivity index (χ0) is 16.3. The molecule has 0 bridgehead atoms. The van der Waals surface area contributed by atoms with E-state index in [9.17, 15) is 27.2 Å². The van der Waals surface area contributed by atoms with Crippen molar-refractivity contribution in [1.82, 2.24) is 15.4 Å². The van der Waals surface area contributed by atoms with Crippen molar-refractivity contribution in [3.8, 4) is 0 Å². The molecule has 1 aliphatic heterocycles. The maximum atomic E-state index is 12.7. The molecule has 0 aliphatic carbocycles. The van der Waals surface area contributed by atoms with E-state index in [4.69, 9.17) is 0 Å². The third-order valence-corrected chi connectivity index (χ3v) is 4.89. The minimum Gasteiger partial charge on any atom is -0.336 e. The highest BCUT2D eigenvalue weighted by Crippen LogP contribution is 2.17. The van der Waals surface area contributed by atoms with Crippen LogP contribution in [-0.2, 0) is 14.8 Å². The number of carbonyl (C=O) groups excluding carboxylic acids is 3. The number of carbonyl (C=O) groups is 3. The summed E-state index contributed by atoms with van der Waals surface area (Å²) in [5, 5.41) is 2.86. The molecule has 0 aromatic heterocycles. The molecule has 1 heterocycles. The zero-order valence-corrected chi connectivity index (χ0v) is 12.5. The largest absolute Gasteiger partial charge is 0.336 e. The summed E-state index contributed by atoms with van der Waals surface area (Å²) in [5.41, 5.74) is 0. The van der Waals surface area contributed by atoms with Gasteiger partial charge in [0.05, 0.1) is 4.90 Å². The van der Waals surface area contributed by atoms with Gasteiger partial charge in [-0.3, -0.25) is 14.9 Å². The number of amides is 4. The topological polar surface area (TPSA) is 121 Å². The van der Waals surface area contributed by atoms with E-state index < -0.39 is 38.3 Å². The number of rotatable bonds is 4. The van der Waals surface area contributed by atoms with Crippen LogP contribution in [0.15, 0.2) is 29.2 Å². The molecule has 1 aliphatic rings. The van der Waals surface area contributed by atoms with E-state index in [1.807, 2.05) is 5.32 Å².